The first-order valence-electron chi connectivity index (χ1n) is 9.81. The van der Waals surface area contributed by atoms with E-state index in [-0.39, 0.29) is 6.04 Å². The van der Waals surface area contributed by atoms with Crippen molar-refractivity contribution >= 4 is 11.8 Å². The second-order valence-corrected chi connectivity index (χ2v) is 8.32. The van der Waals surface area contributed by atoms with E-state index >= 15 is 0 Å². The van der Waals surface area contributed by atoms with Crippen LogP contribution in [0, 0.1) is 11.3 Å². The third-order valence-electron chi connectivity index (χ3n) is 5.20. The minimum Gasteiger partial charge on any atom is -0.390 e. The lowest BCUT2D eigenvalue weighted by molar-refractivity contribution is 0.0196. The molecule has 2 heterocycles. The fourth-order valence-electron chi connectivity index (χ4n) is 3.53. The van der Waals surface area contributed by atoms with Crippen LogP contribution in [-0.2, 0) is 12.2 Å². The van der Waals surface area contributed by atoms with Gasteiger partial charge >= 0.3 is 0 Å². The Labute approximate surface area is 170 Å². The molecule has 1 aliphatic carbocycles. The van der Waals surface area contributed by atoms with Crippen molar-refractivity contribution in [3.05, 3.63) is 41.3 Å². The molecule has 3 rings (SSSR count). The van der Waals surface area contributed by atoms with Crippen molar-refractivity contribution in [2.45, 2.75) is 70.3 Å². The zero-order valence-corrected chi connectivity index (χ0v) is 17.0. The monoisotopic (exact) mass is 398 g/mol. The highest BCUT2D eigenvalue weighted by atomic mass is 19.1. The van der Waals surface area contributed by atoms with Crippen molar-refractivity contribution in [2.24, 2.45) is 0 Å². The Morgan fingerprint density at radius 2 is 2.07 bits per heavy atom. The number of alkyl halides is 1. The summed E-state index contributed by atoms with van der Waals surface area (Å²) in [6, 6.07) is 5.82. The fourth-order valence-corrected chi connectivity index (χ4v) is 3.53. The number of pyridine rings is 1. The molecule has 2 aromatic rings. The number of halogens is 1. The Bertz CT molecular complexity index is 893. The first-order chi connectivity index (χ1) is 13.7. The summed E-state index contributed by atoms with van der Waals surface area (Å²) in [5, 5.41) is 25.9. The topological polar surface area (TPSA) is 107 Å². The van der Waals surface area contributed by atoms with Crippen molar-refractivity contribution in [1.82, 2.24) is 15.0 Å². The van der Waals surface area contributed by atoms with Crippen LogP contribution in [0.2, 0.25) is 0 Å². The van der Waals surface area contributed by atoms with Gasteiger partial charge in [0.25, 0.3) is 0 Å². The summed E-state index contributed by atoms with van der Waals surface area (Å²) in [4.78, 5) is 12.8. The highest BCUT2D eigenvalue weighted by Gasteiger charge is 2.29. The lowest BCUT2D eigenvalue weighted by Crippen LogP contribution is -2.36. The maximum atomic E-state index is 14.4. The molecule has 3 N–H and O–H groups in total. The summed E-state index contributed by atoms with van der Waals surface area (Å²) in [5.41, 5.74) is -0.732. The van der Waals surface area contributed by atoms with Gasteiger partial charge < -0.3 is 15.7 Å². The molecule has 2 aromatic heterocycles. The van der Waals surface area contributed by atoms with Gasteiger partial charge in [0.15, 0.2) is 0 Å². The van der Waals surface area contributed by atoms with Crippen LogP contribution >= 0.6 is 0 Å². The van der Waals surface area contributed by atoms with Crippen molar-refractivity contribution in [3.63, 3.8) is 0 Å². The van der Waals surface area contributed by atoms with E-state index < -0.39 is 11.3 Å². The van der Waals surface area contributed by atoms with E-state index in [9.17, 15) is 14.8 Å². The molecular weight excluding hydrogens is 371 g/mol. The van der Waals surface area contributed by atoms with Gasteiger partial charge in [-0.3, -0.25) is 4.98 Å². The number of anilines is 2. The largest absolute Gasteiger partial charge is 0.390 e. The van der Waals surface area contributed by atoms with Gasteiger partial charge in [-0.15, -0.1) is 0 Å². The molecule has 29 heavy (non-hydrogen) atoms. The minimum atomic E-state index is -1.56. The number of nitrogens with one attached hydrogen (secondary N) is 2. The third-order valence-corrected chi connectivity index (χ3v) is 5.20. The predicted octanol–water partition coefficient (Wildman–Crippen LogP) is 3.67. The van der Waals surface area contributed by atoms with Crippen LogP contribution in [0.15, 0.2) is 24.5 Å². The quantitative estimate of drug-likeness (QED) is 0.681. The lowest BCUT2D eigenvalue weighted by atomic mass is 9.83. The Balaban J connectivity index is 1.72. The lowest BCUT2D eigenvalue weighted by Gasteiger charge is -2.33. The van der Waals surface area contributed by atoms with E-state index in [1.54, 1.807) is 12.3 Å². The van der Waals surface area contributed by atoms with E-state index in [2.05, 4.69) is 31.7 Å². The van der Waals surface area contributed by atoms with Crippen molar-refractivity contribution in [1.29, 1.82) is 5.26 Å². The van der Waals surface area contributed by atoms with Gasteiger partial charge in [0.1, 0.15) is 23.1 Å². The molecule has 8 heteroatoms. The summed E-state index contributed by atoms with van der Waals surface area (Å²) < 4.78 is 14.4. The van der Waals surface area contributed by atoms with Crippen LogP contribution in [0.3, 0.4) is 0 Å². The molecule has 1 aliphatic rings. The SMILES string of the molecule is CC(C)(F)c1ncccc1CNc1ncc(C#N)c(N[C@H]2CC[C@@](C)(O)CC2)n1. The molecule has 1 fully saturated rings. The summed E-state index contributed by atoms with van der Waals surface area (Å²) >= 11 is 0. The Morgan fingerprint density at radius 3 is 2.72 bits per heavy atom. The number of hydrogen-bond acceptors (Lipinski definition) is 7. The molecule has 0 amide bonds. The van der Waals surface area contributed by atoms with Gasteiger partial charge in [-0.2, -0.15) is 10.2 Å². The maximum absolute atomic E-state index is 14.4. The molecule has 0 saturated heterocycles. The zero-order chi connectivity index (χ0) is 21.1. The maximum Gasteiger partial charge on any atom is 0.224 e. The first kappa shape index (κ1) is 20.9. The van der Waals surface area contributed by atoms with Crippen LogP contribution in [-0.4, -0.2) is 31.7 Å². The van der Waals surface area contributed by atoms with Crippen LogP contribution < -0.4 is 10.6 Å². The molecule has 0 atom stereocenters. The van der Waals surface area contributed by atoms with Gasteiger partial charge in [0.05, 0.1) is 17.5 Å². The number of rotatable bonds is 6. The second-order valence-electron chi connectivity index (χ2n) is 8.32. The number of nitriles is 1. The first-order valence-corrected chi connectivity index (χ1v) is 9.81. The Morgan fingerprint density at radius 1 is 1.34 bits per heavy atom. The Kier molecular flexibility index (Phi) is 5.99. The average molecular weight is 398 g/mol. The highest BCUT2D eigenvalue weighted by molar-refractivity contribution is 5.54. The molecule has 0 aromatic carbocycles. The van der Waals surface area contributed by atoms with Crippen LogP contribution in [0.25, 0.3) is 0 Å². The van der Waals surface area contributed by atoms with Gasteiger partial charge in [0.2, 0.25) is 5.95 Å². The third kappa shape index (κ3) is 5.39. The molecule has 0 spiro atoms. The molecule has 0 aliphatic heterocycles. The van der Waals surface area contributed by atoms with Crippen LogP contribution in [0.4, 0.5) is 16.2 Å². The molecular formula is C21H27FN6O. The van der Waals surface area contributed by atoms with Gasteiger partial charge in [-0.25, -0.2) is 9.37 Å². The summed E-state index contributed by atoms with van der Waals surface area (Å²) in [6.45, 7) is 5.11. The molecule has 1 saturated carbocycles. The van der Waals surface area contributed by atoms with E-state index in [4.69, 9.17) is 0 Å². The smallest absolute Gasteiger partial charge is 0.224 e. The fraction of sp³-hybridized carbons (Fsp3) is 0.524. The van der Waals surface area contributed by atoms with Crippen molar-refractivity contribution < 1.29 is 9.50 Å². The number of aliphatic hydroxyl groups is 1. The molecule has 7 nitrogen and oxygen atoms in total. The minimum absolute atomic E-state index is 0.141. The average Bonchev–Trinajstić information content (AvgIpc) is 2.68. The van der Waals surface area contributed by atoms with Gasteiger partial charge in [0, 0.05) is 18.8 Å². The van der Waals surface area contributed by atoms with E-state index in [1.807, 2.05) is 13.0 Å². The van der Waals surface area contributed by atoms with Gasteiger partial charge in [-0.1, -0.05) is 6.07 Å². The highest BCUT2D eigenvalue weighted by Crippen LogP contribution is 2.30. The normalized spacial score (nSPS) is 22.0. The molecule has 0 bridgehead atoms. The standard InChI is InChI=1S/C21H27FN6O/c1-20(2,22)17-14(5-4-10-24-17)12-25-19-26-13-15(11-23)18(28-19)27-16-6-8-21(3,29)9-7-16/h4-5,10,13,16,29H,6-9,12H2,1-3H3,(H2,25,26,27,28)/t16-,21+. The summed E-state index contributed by atoms with van der Waals surface area (Å²) in [7, 11) is 0. The Hall–Kier alpha value is -2.79. The number of aromatic nitrogens is 3. The van der Waals surface area contributed by atoms with Crippen LogP contribution in [0.1, 0.15) is 63.3 Å². The number of hydrogen-bond donors (Lipinski definition) is 3. The van der Waals surface area contributed by atoms with Crippen LogP contribution in [0.5, 0.6) is 0 Å². The molecule has 154 valence electrons. The van der Waals surface area contributed by atoms with Crippen molar-refractivity contribution in [3.8, 4) is 6.07 Å². The molecule has 0 radical (unpaired) electrons. The summed E-state index contributed by atoms with van der Waals surface area (Å²) in [5.74, 6) is 0.814. The second kappa shape index (κ2) is 8.29. The number of nitrogens with zero attached hydrogens (tertiary/aromatic N) is 4. The van der Waals surface area contributed by atoms with Gasteiger partial charge in [-0.05, 0) is 58.1 Å². The molecule has 0 unspecified atom stereocenters. The van der Waals surface area contributed by atoms with E-state index in [1.165, 1.54) is 20.0 Å². The van der Waals surface area contributed by atoms with E-state index in [0.29, 0.717) is 42.4 Å². The summed E-state index contributed by atoms with van der Waals surface area (Å²) in [6.07, 6.45) is 6.05. The zero-order valence-electron chi connectivity index (χ0n) is 17.0. The van der Waals surface area contributed by atoms with Crippen molar-refractivity contribution in [2.75, 3.05) is 10.6 Å². The predicted molar refractivity (Wildman–Crippen MR) is 109 cm³/mol. The van der Waals surface area contributed by atoms with E-state index in [0.717, 1.165) is 18.4 Å².